The van der Waals surface area contributed by atoms with Crippen LogP contribution in [0.25, 0.3) is 0 Å². The van der Waals surface area contributed by atoms with E-state index >= 15 is 0 Å². The summed E-state index contributed by atoms with van der Waals surface area (Å²) >= 11 is 0. The van der Waals surface area contributed by atoms with E-state index in [1.54, 1.807) is 18.2 Å². The van der Waals surface area contributed by atoms with Gasteiger partial charge in [0.25, 0.3) is 0 Å². The number of rotatable bonds is 2. The second-order valence-corrected chi connectivity index (χ2v) is 2.35. The number of aliphatic hydroxyl groups excluding tert-OH is 1. The van der Waals surface area contributed by atoms with Crippen LogP contribution in [0.15, 0.2) is 18.2 Å². The molecule has 1 aromatic heterocycles. The molecule has 1 aromatic rings. The van der Waals surface area contributed by atoms with Gasteiger partial charge in [0.2, 0.25) is 0 Å². The smallest absolute Gasteiger partial charge is 0.140 e. The highest BCUT2D eigenvalue weighted by Crippen LogP contribution is 2.06. The Bertz CT molecular complexity index is 305. The van der Waals surface area contributed by atoms with Crippen molar-refractivity contribution in [2.24, 2.45) is 5.73 Å². The van der Waals surface area contributed by atoms with E-state index < -0.39 is 6.04 Å². The van der Waals surface area contributed by atoms with E-state index in [1.807, 2.05) is 6.07 Å². The number of aliphatic hydroxyl groups is 1. The van der Waals surface area contributed by atoms with E-state index in [1.165, 1.54) is 0 Å². The first kappa shape index (κ1) is 8.65. The van der Waals surface area contributed by atoms with Crippen molar-refractivity contribution in [2.75, 3.05) is 6.61 Å². The van der Waals surface area contributed by atoms with Crippen LogP contribution in [0.4, 0.5) is 0 Å². The second kappa shape index (κ2) is 3.81. The van der Waals surface area contributed by atoms with E-state index in [2.05, 4.69) is 4.98 Å². The number of nitrogens with two attached hydrogens (primary N) is 1. The molecule has 0 fully saturated rings. The van der Waals surface area contributed by atoms with Gasteiger partial charge in [0.05, 0.1) is 18.3 Å². The summed E-state index contributed by atoms with van der Waals surface area (Å²) in [4.78, 5) is 3.92. The van der Waals surface area contributed by atoms with Gasteiger partial charge in [-0.05, 0) is 12.1 Å². The summed E-state index contributed by atoms with van der Waals surface area (Å²) in [7, 11) is 0. The van der Waals surface area contributed by atoms with Gasteiger partial charge >= 0.3 is 0 Å². The molecule has 4 nitrogen and oxygen atoms in total. The molecule has 0 saturated heterocycles. The maximum atomic E-state index is 8.70. The third-order valence-corrected chi connectivity index (χ3v) is 1.46. The number of hydrogen-bond donors (Lipinski definition) is 2. The fraction of sp³-hybridized carbons (Fsp3) is 0.250. The first-order valence-electron chi connectivity index (χ1n) is 3.51. The molecule has 0 saturated carbocycles. The van der Waals surface area contributed by atoms with Crippen molar-refractivity contribution in [1.29, 1.82) is 5.26 Å². The van der Waals surface area contributed by atoms with Crippen molar-refractivity contribution in [2.45, 2.75) is 6.04 Å². The van der Waals surface area contributed by atoms with Gasteiger partial charge in [-0.15, -0.1) is 0 Å². The summed E-state index contributed by atoms with van der Waals surface area (Å²) in [6.45, 7) is -0.165. The van der Waals surface area contributed by atoms with Gasteiger partial charge in [0, 0.05) is 0 Å². The molecular weight excluding hydrogens is 154 g/mol. The Morgan fingerprint density at radius 2 is 2.42 bits per heavy atom. The Labute approximate surface area is 70.3 Å². The van der Waals surface area contributed by atoms with Gasteiger partial charge in [-0.25, -0.2) is 4.98 Å². The highest BCUT2D eigenvalue weighted by molar-refractivity contribution is 5.23. The fourth-order valence-electron chi connectivity index (χ4n) is 0.814. The van der Waals surface area contributed by atoms with E-state index in [-0.39, 0.29) is 6.61 Å². The quantitative estimate of drug-likeness (QED) is 0.640. The van der Waals surface area contributed by atoms with E-state index in [4.69, 9.17) is 16.1 Å². The molecule has 1 heterocycles. The van der Waals surface area contributed by atoms with Crippen LogP contribution in [0.2, 0.25) is 0 Å². The zero-order valence-corrected chi connectivity index (χ0v) is 6.44. The summed E-state index contributed by atoms with van der Waals surface area (Å²) in [5.41, 5.74) is 6.35. The van der Waals surface area contributed by atoms with Crippen LogP contribution in [-0.4, -0.2) is 16.7 Å². The molecule has 0 aliphatic rings. The zero-order chi connectivity index (χ0) is 8.97. The number of pyridine rings is 1. The van der Waals surface area contributed by atoms with Crippen LogP contribution in [0.1, 0.15) is 17.4 Å². The zero-order valence-electron chi connectivity index (χ0n) is 6.44. The molecule has 12 heavy (non-hydrogen) atoms. The lowest BCUT2D eigenvalue weighted by Crippen LogP contribution is -2.16. The van der Waals surface area contributed by atoms with Gasteiger partial charge < -0.3 is 10.8 Å². The fourth-order valence-corrected chi connectivity index (χ4v) is 0.814. The second-order valence-electron chi connectivity index (χ2n) is 2.35. The summed E-state index contributed by atoms with van der Waals surface area (Å²) in [6.07, 6.45) is 0. The van der Waals surface area contributed by atoms with Crippen molar-refractivity contribution in [3.63, 3.8) is 0 Å². The first-order valence-corrected chi connectivity index (χ1v) is 3.51. The molecule has 0 aromatic carbocycles. The normalized spacial score (nSPS) is 12.1. The van der Waals surface area contributed by atoms with E-state index in [9.17, 15) is 0 Å². The maximum Gasteiger partial charge on any atom is 0.140 e. The van der Waals surface area contributed by atoms with Gasteiger partial charge in [-0.2, -0.15) is 5.26 Å². The van der Waals surface area contributed by atoms with Crippen LogP contribution in [0.5, 0.6) is 0 Å². The molecule has 0 aliphatic heterocycles. The lowest BCUT2D eigenvalue weighted by atomic mass is 10.2. The van der Waals surface area contributed by atoms with Crippen LogP contribution < -0.4 is 5.73 Å². The van der Waals surface area contributed by atoms with Crippen molar-refractivity contribution < 1.29 is 5.11 Å². The van der Waals surface area contributed by atoms with Crippen LogP contribution in [-0.2, 0) is 0 Å². The van der Waals surface area contributed by atoms with Crippen LogP contribution in [0.3, 0.4) is 0 Å². The molecule has 0 radical (unpaired) electrons. The maximum absolute atomic E-state index is 8.70. The Kier molecular flexibility index (Phi) is 2.75. The predicted octanol–water partition coefficient (Wildman–Crippen LogP) is -0.0546. The lowest BCUT2D eigenvalue weighted by molar-refractivity contribution is 0.266. The standard InChI is InChI=1S/C8H9N3O/c9-4-6-2-1-3-8(11-6)7(10)5-12/h1-3,7,12H,5,10H2/t7-/m0/s1. The minimum Gasteiger partial charge on any atom is -0.394 e. The van der Waals surface area contributed by atoms with Crippen molar-refractivity contribution in [3.05, 3.63) is 29.6 Å². The minimum atomic E-state index is -0.502. The summed E-state index contributed by atoms with van der Waals surface area (Å²) in [5, 5.41) is 17.2. The molecule has 1 atom stereocenters. The number of aromatic nitrogens is 1. The van der Waals surface area contributed by atoms with Gasteiger partial charge in [-0.3, -0.25) is 0 Å². The van der Waals surface area contributed by atoms with Gasteiger partial charge in [-0.1, -0.05) is 6.07 Å². The predicted molar refractivity (Wildman–Crippen MR) is 43.0 cm³/mol. The Balaban J connectivity index is 2.95. The monoisotopic (exact) mass is 163 g/mol. The largest absolute Gasteiger partial charge is 0.394 e. The van der Waals surface area contributed by atoms with Crippen molar-refractivity contribution in [1.82, 2.24) is 4.98 Å². The summed E-state index contributed by atoms with van der Waals surface area (Å²) < 4.78 is 0. The Hall–Kier alpha value is -1.44. The van der Waals surface area contributed by atoms with Crippen molar-refractivity contribution in [3.8, 4) is 6.07 Å². The van der Waals surface area contributed by atoms with Crippen molar-refractivity contribution >= 4 is 0 Å². The van der Waals surface area contributed by atoms with Gasteiger partial charge in [0.1, 0.15) is 11.8 Å². The highest BCUT2D eigenvalue weighted by atomic mass is 16.3. The molecule has 62 valence electrons. The lowest BCUT2D eigenvalue weighted by Gasteiger charge is -2.06. The Morgan fingerprint density at radius 3 is 3.00 bits per heavy atom. The average Bonchev–Trinajstić information content (AvgIpc) is 2.17. The molecule has 0 spiro atoms. The molecular formula is C8H9N3O. The molecule has 0 unspecified atom stereocenters. The van der Waals surface area contributed by atoms with Crippen LogP contribution in [0, 0.1) is 11.3 Å². The molecule has 0 amide bonds. The number of nitriles is 1. The average molecular weight is 163 g/mol. The van der Waals surface area contributed by atoms with Gasteiger partial charge in [0.15, 0.2) is 0 Å². The molecule has 3 N–H and O–H groups in total. The van der Waals surface area contributed by atoms with E-state index in [0.717, 1.165) is 0 Å². The summed E-state index contributed by atoms with van der Waals surface area (Å²) in [6, 6.07) is 6.36. The third kappa shape index (κ3) is 1.78. The first-order chi connectivity index (χ1) is 5.77. The molecule has 0 bridgehead atoms. The third-order valence-electron chi connectivity index (χ3n) is 1.46. The van der Waals surface area contributed by atoms with Crippen LogP contribution >= 0.6 is 0 Å². The SMILES string of the molecule is N#Cc1cccc([C@@H](N)CO)n1. The topological polar surface area (TPSA) is 82.9 Å². The molecule has 0 aliphatic carbocycles. The minimum absolute atomic E-state index is 0.165. The number of hydrogen-bond acceptors (Lipinski definition) is 4. The molecule has 1 rings (SSSR count). The summed E-state index contributed by atoms with van der Waals surface area (Å²) in [5.74, 6) is 0. The Morgan fingerprint density at radius 1 is 1.67 bits per heavy atom. The highest BCUT2D eigenvalue weighted by Gasteiger charge is 2.05. The molecule has 4 heteroatoms. The van der Waals surface area contributed by atoms with E-state index in [0.29, 0.717) is 11.4 Å². The number of nitrogens with zero attached hydrogens (tertiary/aromatic N) is 2.